The van der Waals surface area contributed by atoms with Crippen LogP contribution in [0.5, 0.6) is 11.5 Å². The van der Waals surface area contributed by atoms with Gasteiger partial charge >= 0.3 is 0 Å². The lowest BCUT2D eigenvalue weighted by Gasteiger charge is -2.16. The summed E-state index contributed by atoms with van der Waals surface area (Å²) in [4.78, 5) is 24.1. The number of hydrazine groups is 1. The molecule has 0 bridgehead atoms. The summed E-state index contributed by atoms with van der Waals surface area (Å²) in [7, 11) is 1.50. The van der Waals surface area contributed by atoms with Crippen LogP contribution in [0.3, 0.4) is 0 Å². The lowest BCUT2D eigenvalue weighted by atomic mass is 10.2. The first kappa shape index (κ1) is 18.9. The molecule has 1 atom stereocenters. The summed E-state index contributed by atoms with van der Waals surface area (Å²) in [6.07, 6.45) is -0.885. The Hall–Kier alpha value is -2.44. The Balaban J connectivity index is 1.91. The molecule has 0 radical (unpaired) electrons. The molecule has 2 N–H and O–H groups in total. The van der Waals surface area contributed by atoms with Gasteiger partial charge < -0.3 is 9.47 Å². The Labute approximate surface area is 155 Å². The predicted molar refractivity (Wildman–Crippen MR) is 95.2 cm³/mol. The van der Waals surface area contributed by atoms with Crippen LogP contribution in [0.25, 0.3) is 0 Å². The summed E-state index contributed by atoms with van der Waals surface area (Å²) >= 11 is 11.8. The number of benzene rings is 2. The first-order valence-electron chi connectivity index (χ1n) is 7.26. The van der Waals surface area contributed by atoms with Gasteiger partial charge in [-0.2, -0.15) is 0 Å². The first-order chi connectivity index (χ1) is 11.9. The van der Waals surface area contributed by atoms with Gasteiger partial charge in [-0.15, -0.1) is 0 Å². The highest BCUT2D eigenvalue weighted by molar-refractivity contribution is 6.35. The van der Waals surface area contributed by atoms with Gasteiger partial charge in [-0.05, 0) is 43.3 Å². The lowest BCUT2D eigenvalue weighted by molar-refractivity contribution is -0.128. The highest BCUT2D eigenvalue weighted by Crippen LogP contribution is 2.28. The minimum atomic E-state index is -0.885. The standard InChI is InChI=1S/C17H16Cl2N2O4/c1-10(25-15-7-6-12(18)9-14(15)19)16(22)20-21-17(23)11-4-3-5-13(8-11)24-2/h3-10H,1-2H3,(H,20,22)(H,21,23)/t10-/m0/s1. The summed E-state index contributed by atoms with van der Waals surface area (Å²) in [5.41, 5.74) is 4.95. The summed E-state index contributed by atoms with van der Waals surface area (Å²) in [6.45, 7) is 1.53. The molecule has 0 spiro atoms. The number of hydrogen-bond donors (Lipinski definition) is 2. The largest absolute Gasteiger partial charge is 0.497 e. The van der Waals surface area contributed by atoms with Gasteiger partial charge in [-0.3, -0.25) is 20.4 Å². The molecule has 0 aliphatic rings. The maximum Gasteiger partial charge on any atom is 0.279 e. The molecule has 0 aliphatic heterocycles. The molecule has 2 aromatic carbocycles. The van der Waals surface area contributed by atoms with E-state index >= 15 is 0 Å². The molecule has 0 saturated heterocycles. The highest BCUT2D eigenvalue weighted by Gasteiger charge is 2.17. The third kappa shape index (κ3) is 5.27. The Morgan fingerprint density at radius 1 is 1.08 bits per heavy atom. The van der Waals surface area contributed by atoms with Crippen molar-refractivity contribution in [3.8, 4) is 11.5 Å². The molecule has 6 nitrogen and oxygen atoms in total. The van der Waals surface area contributed by atoms with Crippen LogP contribution < -0.4 is 20.3 Å². The average Bonchev–Trinajstić information content (AvgIpc) is 2.61. The van der Waals surface area contributed by atoms with E-state index in [1.54, 1.807) is 36.4 Å². The van der Waals surface area contributed by atoms with Crippen molar-refractivity contribution in [2.24, 2.45) is 0 Å². The number of amides is 2. The number of carbonyl (C=O) groups excluding carboxylic acids is 2. The van der Waals surface area contributed by atoms with Crippen LogP contribution in [0.2, 0.25) is 10.0 Å². The van der Waals surface area contributed by atoms with Crippen molar-refractivity contribution in [1.82, 2.24) is 10.9 Å². The molecule has 25 heavy (non-hydrogen) atoms. The van der Waals surface area contributed by atoms with E-state index in [0.717, 1.165) is 0 Å². The number of ether oxygens (including phenoxy) is 2. The molecule has 2 rings (SSSR count). The monoisotopic (exact) mass is 382 g/mol. The first-order valence-corrected chi connectivity index (χ1v) is 8.02. The van der Waals surface area contributed by atoms with Crippen molar-refractivity contribution >= 4 is 35.0 Å². The molecule has 0 fully saturated rings. The zero-order chi connectivity index (χ0) is 18.4. The van der Waals surface area contributed by atoms with Gasteiger partial charge in [0.25, 0.3) is 11.8 Å². The second kappa shape index (κ2) is 8.60. The van der Waals surface area contributed by atoms with Crippen molar-refractivity contribution in [2.45, 2.75) is 13.0 Å². The second-order valence-electron chi connectivity index (χ2n) is 5.01. The second-order valence-corrected chi connectivity index (χ2v) is 5.85. The lowest BCUT2D eigenvalue weighted by Crippen LogP contribution is -2.47. The number of halogens is 2. The predicted octanol–water partition coefficient (Wildman–Crippen LogP) is 3.23. The number of methoxy groups -OCH3 is 1. The van der Waals surface area contributed by atoms with Gasteiger partial charge in [0.2, 0.25) is 0 Å². The molecule has 0 unspecified atom stereocenters. The molecule has 132 valence electrons. The van der Waals surface area contributed by atoms with Crippen molar-refractivity contribution in [1.29, 1.82) is 0 Å². The number of nitrogens with one attached hydrogen (secondary N) is 2. The van der Waals surface area contributed by atoms with E-state index in [4.69, 9.17) is 32.7 Å². The smallest absolute Gasteiger partial charge is 0.279 e. The van der Waals surface area contributed by atoms with Gasteiger partial charge in [0, 0.05) is 10.6 Å². The fourth-order valence-electron chi connectivity index (χ4n) is 1.87. The normalized spacial score (nSPS) is 11.4. The van der Waals surface area contributed by atoms with Gasteiger partial charge in [-0.25, -0.2) is 0 Å². The van der Waals surface area contributed by atoms with Crippen molar-refractivity contribution in [2.75, 3.05) is 7.11 Å². The molecule has 8 heteroatoms. The number of hydrogen-bond acceptors (Lipinski definition) is 4. The molecular weight excluding hydrogens is 367 g/mol. The zero-order valence-electron chi connectivity index (χ0n) is 13.5. The van der Waals surface area contributed by atoms with Crippen molar-refractivity contribution < 1.29 is 19.1 Å². The number of carbonyl (C=O) groups is 2. The minimum Gasteiger partial charge on any atom is -0.497 e. The molecule has 0 heterocycles. The highest BCUT2D eigenvalue weighted by atomic mass is 35.5. The molecule has 2 aromatic rings. The molecule has 2 amide bonds. The van der Waals surface area contributed by atoms with E-state index in [9.17, 15) is 9.59 Å². The average molecular weight is 383 g/mol. The summed E-state index contributed by atoms with van der Waals surface area (Å²) < 4.78 is 10.5. The molecule has 0 aromatic heterocycles. The van der Waals surface area contributed by atoms with Crippen LogP contribution in [0.4, 0.5) is 0 Å². The third-order valence-corrected chi connectivity index (χ3v) is 3.73. The molecule has 0 aliphatic carbocycles. The quantitative estimate of drug-likeness (QED) is 0.778. The fraction of sp³-hybridized carbons (Fsp3) is 0.176. The minimum absolute atomic E-state index is 0.285. The van der Waals surface area contributed by atoms with Crippen LogP contribution in [0, 0.1) is 0 Å². The number of rotatable bonds is 5. The van der Waals surface area contributed by atoms with Gasteiger partial charge in [0.05, 0.1) is 12.1 Å². The SMILES string of the molecule is COc1cccc(C(=O)NNC(=O)[C@H](C)Oc2ccc(Cl)cc2Cl)c1. The van der Waals surface area contributed by atoms with Gasteiger partial charge in [0.1, 0.15) is 11.5 Å². The van der Waals surface area contributed by atoms with E-state index in [-0.39, 0.29) is 5.02 Å². The van der Waals surface area contributed by atoms with E-state index in [1.807, 2.05) is 0 Å². The summed E-state index contributed by atoms with van der Waals surface area (Å²) in [5, 5.41) is 0.743. The Bertz CT molecular complexity index is 783. The molecule has 0 saturated carbocycles. The van der Waals surface area contributed by atoms with E-state index < -0.39 is 17.9 Å². The van der Waals surface area contributed by atoms with Crippen molar-refractivity contribution in [3.05, 3.63) is 58.1 Å². The van der Waals surface area contributed by atoms with Crippen LogP contribution in [-0.2, 0) is 4.79 Å². The maximum absolute atomic E-state index is 12.0. The van der Waals surface area contributed by atoms with Crippen LogP contribution in [0.15, 0.2) is 42.5 Å². The summed E-state index contributed by atoms with van der Waals surface area (Å²) in [5.74, 6) is -0.174. The Morgan fingerprint density at radius 3 is 2.52 bits per heavy atom. The zero-order valence-corrected chi connectivity index (χ0v) is 15.0. The Morgan fingerprint density at radius 2 is 1.84 bits per heavy atom. The maximum atomic E-state index is 12.0. The van der Waals surface area contributed by atoms with E-state index in [0.29, 0.717) is 22.1 Å². The Kier molecular flexibility index (Phi) is 6.50. The van der Waals surface area contributed by atoms with Gasteiger partial charge in [0.15, 0.2) is 6.10 Å². The fourth-order valence-corrected chi connectivity index (χ4v) is 2.32. The van der Waals surface area contributed by atoms with Gasteiger partial charge in [-0.1, -0.05) is 29.3 Å². The topological polar surface area (TPSA) is 76.7 Å². The van der Waals surface area contributed by atoms with Crippen LogP contribution in [-0.4, -0.2) is 25.0 Å². The van der Waals surface area contributed by atoms with E-state index in [2.05, 4.69) is 10.9 Å². The molecular formula is C17H16Cl2N2O4. The van der Waals surface area contributed by atoms with Crippen LogP contribution in [0.1, 0.15) is 17.3 Å². The van der Waals surface area contributed by atoms with Crippen molar-refractivity contribution in [3.63, 3.8) is 0 Å². The summed E-state index contributed by atoms with van der Waals surface area (Å²) in [6, 6.07) is 11.2. The third-order valence-electron chi connectivity index (χ3n) is 3.20. The van der Waals surface area contributed by atoms with E-state index in [1.165, 1.54) is 20.1 Å². The van der Waals surface area contributed by atoms with Crippen LogP contribution >= 0.6 is 23.2 Å².